The Morgan fingerprint density at radius 2 is 2.04 bits per heavy atom. The van der Waals surface area contributed by atoms with Gasteiger partial charge < -0.3 is 10.6 Å². The summed E-state index contributed by atoms with van der Waals surface area (Å²) in [5, 5.41) is 6.15. The van der Waals surface area contributed by atoms with Gasteiger partial charge in [0.25, 0.3) is 0 Å². The molecule has 23 heavy (non-hydrogen) atoms. The standard InChI is InChI=1S/C16H23FN2O3S/c1-11-7-8-18-9-15(11)19-16(20)12(2)10-23(21,22)14-5-3-13(17)4-6-14/h3-6,11-12,15,18H,7-10H2,1-2H3,(H,19,20). The average Bonchev–Trinajstić information content (AvgIpc) is 2.49. The zero-order chi connectivity index (χ0) is 17.0. The molecule has 7 heteroatoms. The quantitative estimate of drug-likeness (QED) is 0.792. The first-order valence-corrected chi connectivity index (χ1v) is 9.44. The van der Waals surface area contributed by atoms with Crippen molar-refractivity contribution in [3.8, 4) is 0 Å². The second kappa shape index (κ2) is 7.40. The van der Waals surface area contributed by atoms with Crippen molar-refractivity contribution in [2.24, 2.45) is 11.8 Å². The molecule has 0 radical (unpaired) electrons. The smallest absolute Gasteiger partial charge is 0.224 e. The zero-order valence-corrected chi connectivity index (χ0v) is 14.2. The van der Waals surface area contributed by atoms with Crippen LogP contribution in [0.4, 0.5) is 4.39 Å². The number of hydrogen-bond acceptors (Lipinski definition) is 4. The van der Waals surface area contributed by atoms with E-state index in [1.165, 1.54) is 12.1 Å². The molecule has 2 N–H and O–H groups in total. The van der Waals surface area contributed by atoms with E-state index in [9.17, 15) is 17.6 Å². The normalized spacial score (nSPS) is 23.3. The van der Waals surface area contributed by atoms with Gasteiger partial charge in [0.1, 0.15) is 5.82 Å². The van der Waals surface area contributed by atoms with E-state index >= 15 is 0 Å². The Morgan fingerprint density at radius 1 is 1.39 bits per heavy atom. The minimum atomic E-state index is -3.62. The highest BCUT2D eigenvalue weighted by Gasteiger charge is 2.27. The minimum absolute atomic E-state index is 0.0206. The number of rotatable bonds is 5. The molecule has 1 aliphatic rings. The van der Waals surface area contributed by atoms with Gasteiger partial charge in [-0.2, -0.15) is 0 Å². The molecule has 1 fully saturated rings. The van der Waals surface area contributed by atoms with E-state index in [1.54, 1.807) is 6.92 Å². The summed E-state index contributed by atoms with van der Waals surface area (Å²) >= 11 is 0. The second-order valence-corrected chi connectivity index (χ2v) is 8.26. The van der Waals surface area contributed by atoms with Gasteiger partial charge >= 0.3 is 0 Å². The van der Waals surface area contributed by atoms with E-state index in [2.05, 4.69) is 17.6 Å². The van der Waals surface area contributed by atoms with Crippen LogP contribution in [0.2, 0.25) is 0 Å². The van der Waals surface area contributed by atoms with Gasteiger partial charge in [-0.05, 0) is 43.1 Å². The Kier molecular flexibility index (Phi) is 5.75. The van der Waals surface area contributed by atoms with E-state index < -0.39 is 21.6 Å². The number of amides is 1. The van der Waals surface area contributed by atoms with E-state index in [0.29, 0.717) is 12.5 Å². The van der Waals surface area contributed by atoms with Crippen LogP contribution in [-0.4, -0.2) is 39.2 Å². The van der Waals surface area contributed by atoms with E-state index in [-0.39, 0.29) is 22.6 Å². The Bertz CT molecular complexity index is 646. The number of sulfone groups is 1. The van der Waals surface area contributed by atoms with Gasteiger partial charge in [0.2, 0.25) is 5.91 Å². The van der Waals surface area contributed by atoms with Crippen molar-refractivity contribution in [3.05, 3.63) is 30.1 Å². The van der Waals surface area contributed by atoms with Crippen LogP contribution in [0.25, 0.3) is 0 Å². The van der Waals surface area contributed by atoms with Crippen LogP contribution in [0.3, 0.4) is 0 Å². The fraction of sp³-hybridized carbons (Fsp3) is 0.562. The van der Waals surface area contributed by atoms with Crippen molar-refractivity contribution in [2.75, 3.05) is 18.8 Å². The fourth-order valence-electron chi connectivity index (χ4n) is 2.65. The lowest BCUT2D eigenvalue weighted by Crippen LogP contribution is -2.51. The van der Waals surface area contributed by atoms with Crippen LogP contribution >= 0.6 is 0 Å². The number of carbonyl (C=O) groups is 1. The molecule has 1 heterocycles. The molecule has 3 unspecified atom stereocenters. The topological polar surface area (TPSA) is 75.3 Å². The number of hydrogen-bond donors (Lipinski definition) is 2. The summed E-state index contributed by atoms with van der Waals surface area (Å²) in [5.41, 5.74) is 0. The SMILES string of the molecule is CC(CS(=O)(=O)c1ccc(F)cc1)C(=O)NC1CNCCC1C. The predicted molar refractivity (Wildman–Crippen MR) is 86.2 cm³/mol. The molecule has 5 nitrogen and oxygen atoms in total. The highest BCUT2D eigenvalue weighted by molar-refractivity contribution is 7.91. The fourth-order valence-corrected chi connectivity index (χ4v) is 4.20. The van der Waals surface area contributed by atoms with Crippen molar-refractivity contribution in [1.29, 1.82) is 0 Å². The van der Waals surface area contributed by atoms with Crippen molar-refractivity contribution in [2.45, 2.75) is 31.2 Å². The van der Waals surface area contributed by atoms with Gasteiger partial charge in [-0.15, -0.1) is 0 Å². The van der Waals surface area contributed by atoms with Crippen LogP contribution in [0.1, 0.15) is 20.3 Å². The predicted octanol–water partition coefficient (Wildman–Crippen LogP) is 1.35. The highest BCUT2D eigenvalue weighted by atomic mass is 32.2. The monoisotopic (exact) mass is 342 g/mol. The number of benzene rings is 1. The first-order chi connectivity index (χ1) is 10.8. The molecule has 0 aliphatic carbocycles. The van der Waals surface area contributed by atoms with Gasteiger partial charge in [-0.25, -0.2) is 12.8 Å². The zero-order valence-electron chi connectivity index (χ0n) is 13.4. The molecule has 0 bridgehead atoms. The lowest BCUT2D eigenvalue weighted by molar-refractivity contribution is -0.125. The van der Waals surface area contributed by atoms with Gasteiger partial charge in [0, 0.05) is 18.5 Å². The number of nitrogens with one attached hydrogen (secondary N) is 2. The Morgan fingerprint density at radius 3 is 2.65 bits per heavy atom. The van der Waals surface area contributed by atoms with Gasteiger partial charge in [-0.3, -0.25) is 4.79 Å². The molecular weight excluding hydrogens is 319 g/mol. The lowest BCUT2D eigenvalue weighted by Gasteiger charge is -2.31. The maximum atomic E-state index is 12.9. The van der Waals surface area contributed by atoms with Crippen LogP contribution in [-0.2, 0) is 14.6 Å². The third-order valence-electron chi connectivity index (χ3n) is 4.25. The molecule has 1 aromatic rings. The lowest BCUT2D eigenvalue weighted by atomic mass is 9.94. The summed E-state index contributed by atoms with van der Waals surface area (Å²) in [6, 6.07) is 4.68. The molecule has 128 valence electrons. The molecule has 1 aliphatic heterocycles. The molecule has 1 amide bonds. The maximum absolute atomic E-state index is 12.9. The van der Waals surface area contributed by atoms with Crippen LogP contribution in [0, 0.1) is 17.7 Å². The molecule has 3 atom stereocenters. The summed E-state index contributed by atoms with van der Waals surface area (Å²) in [6.07, 6.45) is 0.979. The summed E-state index contributed by atoms with van der Waals surface area (Å²) < 4.78 is 37.5. The van der Waals surface area contributed by atoms with E-state index in [0.717, 1.165) is 25.1 Å². The van der Waals surface area contributed by atoms with Crippen LogP contribution in [0.15, 0.2) is 29.2 Å². The Balaban J connectivity index is 1.98. The van der Waals surface area contributed by atoms with Gasteiger partial charge in [-0.1, -0.05) is 13.8 Å². The van der Waals surface area contributed by atoms with Crippen molar-refractivity contribution >= 4 is 15.7 Å². The number of piperidine rings is 1. The molecule has 0 saturated carbocycles. The summed E-state index contributed by atoms with van der Waals surface area (Å²) in [4.78, 5) is 12.3. The van der Waals surface area contributed by atoms with E-state index in [1.807, 2.05) is 0 Å². The summed E-state index contributed by atoms with van der Waals surface area (Å²) in [7, 11) is -3.62. The van der Waals surface area contributed by atoms with Crippen LogP contribution < -0.4 is 10.6 Å². The molecule has 0 aromatic heterocycles. The van der Waals surface area contributed by atoms with Gasteiger partial charge in [0.05, 0.1) is 10.6 Å². The first kappa shape index (κ1) is 17.9. The maximum Gasteiger partial charge on any atom is 0.224 e. The van der Waals surface area contributed by atoms with E-state index in [4.69, 9.17) is 0 Å². The Labute approximate surface area is 136 Å². The molecule has 1 saturated heterocycles. The second-order valence-electron chi connectivity index (χ2n) is 6.22. The average molecular weight is 342 g/mol. The molecule has 0 spiro atoms. The minimum Gasteiger partial charge on any atom is -0.352 e. The summed E-state index contributed by atoms with van der Waals surface area (Å²) in [5.74, 6) is -1.36. The van der Waals surface area contributed by atoms with Gasteiger partial charge in [0.15, 0.2) is 9.84 Å². The molecule has 2 rings (SSSR count). The van der Waals surface area contributed by atoms with Crippen molar-refractivity contribution in [3.63, 3.8) is 0 Å². The third kappa shape index (κ3) is 4.75. The Hall–Kier alpha value is -1.47. The first-order valence-electron chi connectivity index (χ1n) is 7.79. The van der Waals surface area contributed by atoms with Crippen molar-refractivity contribution in [1.82, 2.24) is 10.6 Å². The molecular formula is C16H23FN2O3S. The summed E-state index contributed by atoms with van der Waals surface area (Å²) in [6.45, 7) is 5.30. The highest BCUT2D eigenvalue weighted by Crippen LogP contribution is 2.16. The van der Waals surface area contributed by atoms with Crippen LogP contribution in [0.5, 0.6) is 0 Å². The molecule has 1 aromatic carbocycles. The van der Waals surface area contributed by atoms with Crippen molar-refractivity contribution < 1.29 is 17.6 Å². The third-order valence-corrected chi connectivity index (χ3v) is 6.17. The number of halogens is 1. The largest absolute Gasteiger partial charge is 0.352 e. The number of carbonyl (C=O) groups excluding carboxylic acids is 1.